The van der Waals surface area contributed by atoms with Gasteiger partial charge in [-0.3, -0.25) is 4.79 Å². The van der Waals surface area contributed by atoms with E-state index in [4.69, 9.17) is 0 Å². The van der Waals surface area contributed by atoms with Crippen molar-refractivity contribution in [2.75, 3.05) is 6.54 Å². The van der Waals surface area contributed by atoms with Crippen LogP contribution in [0.3, 0.4) is 0 Å². The Morgan fingerprint density at radius 2 is 2.50 bits per heavy atom. The molecule has 0 aliphatic rings. The Hall–Kier alpha value is -1.50. The van der Waals surface area contributed by atoms with Gasteiger partial charge in [0, 0.05) is 18.5 Å². The Morgan fingerprint density at radius 1 is 1.80 bits per heavy atom. The van der Waals surface area contributed by atoms with Crippen molar-refractivity contribution >= 4 is 12.4 Å². The first-order valence-corrected chi connectivity index (χ1v) is 2.69. The van der Waals surface area contributed by atoms with E-state index in [1.54, 1.807) is 0 Å². The number of ether oxygens (including phenoxy) is 1. The lowest BCUT2D eigenvalue weighted by Gasteiger charge is -1.84. The van der Waals surface area contributed by atoms with E-state index in [0.29, 0.717) is 6.54 Å². The van der Waals surface area contributed by atoms with Gasteiger partial charge in [0.2, 0.25) is 0 Å². The molecule has 4 nitrogen and oxygen atoms in total. The number of hydrogen-bond acceptors (Lipinski definition) is 4. The first kappa shape index (κ1) is 8.50. The van der Waals surface area contributed by atoms with Crippen LogP contribution in [0.1, 0.15) is 6.92 Å². The maximum Gasteiger partial charge on any atom is 0.393 e. The summed E-state index contributed by atoms with van der Waals surface area (Å²) in [6.07, 6.45) is 0. The van der Waals surface area contributed by atoms with Crippen LogP contribution in [0.25, 0.3) is 0 Å². The molecular formula is C6H7NO3. The summed E-state index contributed by atoms with van der Waals surface area (Å²) in [5, 5.41) is 2.56. The third-order valence-electron chi connectivity index (χ3n) is 0.585. The van der Waals surface area contributed by atoms with Crippen LogP contribution in [-0.4, -0.2) is 19.0 Å². The van der Waals surface area contributed by atoms with Crippen molar-refractivity contribution in [1.82, 2.24) is 5.32 Å². The highest BCUT2D eigenvalue weighted by Gasteiger charge is 1.90. The molecule has 0 aliphatic carbocycles. The maximum absolute atomic E-state index is 10.3. The van der Waals surface area contributed by atoms with Gasteiger partial charge in [-0.25, -0.2) is 4.79 Å². The molecule has 0 amide bonds. The molecule has 0 heterocycles. The van der Waals surface area contributed by atoms with E-state index in [0.717, 1.165) is 0 Å². The smallest absolute Gasteiger partial charge is 0.386 e. The highest BCUT2D eigenvalue weighted by molar-refractivity contribution is 5.92. The van der Waals surface area contributed by atoms with Gasteiger partial charge in [0.15, 0.2) is 0 Å². The normalized spacial score (nSPS) is 6.90. The first-order chi connectivity index (χ1) is 4.81. The van der Waals surface area contributed by atoms with Crippen LogP contribution in [0.15, 0.2) is 0 Å². The molecule has 0 spiro atoms. The van der Waals surface area contributed by atoms with E-state index in [1.165, 1.54) is 0 Å². The van der Waals surface area contributed by atoms with Crippen molar-refractivity contribution in [3.05, 3.63) is 0 Å². The van der Waals surface area contributed by atoms with Crippen LogP contribution in [0.4, 0.5) is 0 Å². The van der Waals surface area contributed by atoms with E-state index in [9.17, 15) is 9.59 Å². The largest absolute Gasteiger partial charge is 0.393 e. The van der Waals surface area contributed by atoms with Crippen LogP contribution in [0.2, 0.25) is 0 Å². The van der Waals surface area contributed by atoms with Crippen molar-refractivity contribution in [3.63, 3.8) is 0 Å². The maximum atomic E-state index is 10.3. The number of carbonyl (C=O) groups is 2. The summed E-state index contributed by atoms with van der Waals surface area (Å²) in [4.78, 5) is 19.8. The van der Waals surface area contributed by atoms with Crippen molar-refractivity contribution in [2.45, 2.75) is 6.92 Å². The van der Waals surface area contributed by atoms with E-state index in [-0.39, 0.29) is 6.47 Å². The number of nitrogens with one attached hydrogen (secondary N) is 1. The number of rotatable bonds is 2. The molecular weight excluding hydrogens is 134 g/mol. The third-order valence-corrected chi connectivity index (χ3v) is 0.585. The van der Waals surface area contributed by atoms with Crippen LogP contribution in [0.5, 0.6) is 0 Å². The van der Waals surface area contributed by atoms with E-state index in [1.807, 2.05) is 12.8 Å². The van der Waals surface area contributed by atoms with Crippen LogP contribution in [0, 0.1) is 12.0 Å². The van der Waals surface area contributed by atoms with Gasteiger partial charge in [0.1, 0.15) is 0 Å². The molecule has 0 bridgehead atoms. The predicted octanol–water partition coefficient (Wildman–Crippen LogP) is -0.744. The molecule has 0 saturated heterocycles. The minimum Gasteiger partial charge on any atom is -0.386 e. The monoisotopic (exact) mass is 141 g/mol. The zero-order chi connectivity index (χ0) is 7.82. The third kappa shape index (κ3) is 4.65. The topological polar surface area (TPSA) is 55.4 Å². The minimum absolute atomic E-state index is 0.0446. The second-order valence-electron chi connectivity index (χ2n) is 1.28. The molecule has 0 aromatic carbocycles. The van der Waals surface area contributed by atoms with Gasteiger partial charge >= 0.3 is 12.4 Å². The SMILES string of the molecule is CCNC#CC(=O)OC=O. The van der Waals surface area contributed by atoms with Crippen LogP contribution < -0.4 is 5.32 Å². The molecule has 0 rings (SSSR count). The molecule has 0 unspecified atom stereocenters. The van der Waals surface area contributed by atoms with Crippen LogP contribution >= 0.6 is 0 Å². The van der Waals surface area contributed by atoms with Crippen molar-refractivity contribution < 1.29 is 14.3 Å². The molecule has 0 aromatic heterocycles. The van der Waals surface area contributed by atoms with Gasteiger partial charge < -0.3 is 10.1 Å². The summed E-state index contributed by atoms with van der Waals surface area (Å²) in [6.45, 7) is 2.52. The van der Waals surface area contributed by atoms with E-state index < -0.39 is 5.97 Å². The van der Waals surface area contributed by atoms with Gasteiger partial charge in [-0.2, -0.15) is 0 Å². The standard InChI is InChI=1S/C6H7NO3/c1-2-7-4-3-6(9)10-5-8/h5,7H,2H2,1H3. The van der Waals surface area contributed by atoms with Gasteiger partial charge in [0.25, 0.3) is 0 Å². The Labute approximate surface area is 58.5 Å². The Balaban J connectivity index is 3.57. The molecule has 54 valence electrons. The molecule has 0 fully saturated rings. The lowest BCUT2D eigenvalue weighted by atomic mass is 10.6. The Bertz CT molecular complexity index is 177. The fourth-order valence-corrected chi connectivity index (χ4v) is 0.257. The fraction of sp³-hybridized carbons (Fsp3) is 0.333. The minimum atomic E-state index is -0.851. The summed E-state index contributed by atoms with van der Waals surface area (Å²) in [7, 11) is 0. The second kappa shape index (κ2) is 5.63. The summed E-state index contributed by atoms with van der Waals surface area (Å²) >= 11 is 0. The number of esters is 1. The average molecular weight is 141 g/mol. The summed E-state index contributed by atoms with van der Waals surface area (Å²) in [6, 6.07) is 2.29. The molecule has 10 heavy (non-hydrogen) atoms. The highest BCUT2D eigenvalue weighted by atomic mass is 16.6. The highest BCUT2D eigenvalue weighted by Crippen LogP contribution is 1.66. The lowest BCUT2D eigenvalue weighted by Crippen LogP contribution is -2.05. The average Bonchev–Trinajstić information content (AvgIpc) is 1.89. The van der Waals surface area contributed by atoms with Crippen molar-refractivity contribution in [2.24, 2.45) is 0 Å². The van der Waals surface area contributed by atoms with E-state index in [2.05, 4.69) is 16.1 Å². The quantitative estimate of drug-likeness (QED) is 0.181. The molecule has 0 aliphatic heterocycles. The fourth-order valence-electron chi connectivity index (χ4n) is 0.257. The molecule has 0 atom stereocenters. The molecule has 0 radical (unpaired) electrons. The van der Waals surface area contributed by atoms with Crippen molar-refractivity contribution in [1.29, 1.82) is 0 Å². The van der Waals surface area contributed by atoms with Gasteiger partial charge in [0.05, 0.1) is 0 Å². The first-order valence-electron chi connectivity index (χ1n) is 2.69. The predicted molar refractivity (Wildman–Crippen MR) is 33.6 cm³/mol. The summed E-state index contributed by atoms with van der Waals surface area (Å²) in [5.74, 6) is 1.18. The lowest BCUT2D eigenvalue weighted by molar-refractivity contribution is -0.146. The van der Waals surface area contributed by atoms with Crippen LogP contribution in [-0.2, 0) is 14.3 Å². The second-order valence-corrected chi connectivity index (χ2v) is 1.28. The molecule has 0 saturated carbocycles. The number of carbonyl (C=O) groups excluding carboxylic acids is 2. The molecule has 0 aromatic rings. The van der Waals surface area contributed by atoms with Gasteiger partial charge in [-0.05, 0) is 6.92 Å². The van der Waals surface area contributed by atoms with Crippen molar-refractivity contribution in [3.8, 4) is 12.0 Å². The molecule has 4 heteroatoms. The zero-order valence-corrected chi connectivity index (χ0v) is 5.51. The Kier molecular flexibility index (Phi) is 4.79. The zero-order valence-electron chi connectivity index (χ0n) is 5.51. The summed E-state index contributed by atoms with van der Waals surface area (Å²) < 4.78 is 3.86. The summed E-state index contributed by atoms with van der Waals surface area (Å²) in [5.41, 5.74) is 0. The van der Waals surface area contributed by atoms with E-state index >= 15 is 0 Å². The number of hydrogen-bond donors (Lipinski definition) is 1. The molecule has 1 N–H and O–H groups in total. The van der Waals surface area contributed by atoms with Gasteiger partial charge in [-0.1, -0.05) is 0 Å². The Morgan fingerprint density at radius 3 is 3.00 bits per heavy atom. The van der Waals surface area contributed by atoms with Gasteiger partial charge in [-0.15, -0.1) is 0 Å².